The van der Waals surface area contributed by atoms with E-state index in [1.165, 1.54) is 40.4 Å². The smallest absolute Gasteiger partial charge is 0.244 e. The predicted molar refractivity (Wildman–Crippen MR) is 113 cm³/mol. The molecular weight excluding hydrogens is 464 g/mol. The highest BCUT2D eigenvalue weighted by molar-refractivity contribution is 7.89. The highest BCUT2D eigenvalue weighted by atomic mass is 32.2. The molecule has 12 heteroatoms. The van der Waals surface area contributed by atoms with Crippen molar-refractivity contribution in [1.29, 1.82) is 0 Å². The molecule has 1 fully saturated rings. The van der Waals surface area contributed by atoms with Crippen LogP contribution in [0.5, 0.6) is 0 Å². The first-order chi connectivity index (χ1) is 15.0. The van der Waals surface area contributed by atoms with Gasteiger partial charge >= 0.3 is 0 Å². The number of rotatable bonds is 6. The zero-order valence-corrected chi connectivity index (χ0v) is 18.9. The van der Waals surface area contributed by atoms with Gasteiger partial charge in [0, 0.05) is 26.2 Å². The molecule has 0 aromatic heterocycles. The normalized spacial score (nSPS) is 17.0. The molecule has 0 unspecified atom stereocenters. The number of sulfonamides is 2. The van der Waals surface area contributed by atoms with Gasteiger partial charge in [-0.05, 0) is 49.7 Å². The van der Waals surface area contributed by atoms with E-state index >= 15 is 0 Å². The Morgan fingerprint density at radius 2 is 1.59 bits per heavy atom. The highest BCUT2D eigenvalue weighted by Crippen LogP contribution is 2.19. The number of nitrogens with zero attached hydrogens (tertiary/aromatic N) is 2. The van der Waals surface area contributed by atoms with Crippen molar-refractivity contribution in [2.24, 2.45) is 0 Å². The van der Waals surface area contributed by atoms with E-state index < -0.39 is 48.5 Å². The summed E-state index contributed by atoms with van der Waals surface area (Å²) in [4.78, 5) is 13.6. The van der Waals surface area contributed by atoms with E-state index in [2.05, 4.69) is 4.72 Å². The lowest BCUT2D eigenvalue weighted by molar-refractivity contribution is -0.132. The van der Waals surface area contributed by atoms with Crippen LogP contribution in [-0.4, -0.2) is 64.2 Å². The number of nitrogens with one attached hydrogen (secondary N) is 1. The average molecular weight is 488 g/mol. The number of benzene rings is 2. The Morgan fingerprint density at radius 3 is 2.25 bits per heavy atom. The first-order valence-corrected chi connectivity index (χ1v) is 12.8. The van der Waals surface area contributed by atoms with E-state index in [1.54, 1.807) is 0 Å². The van der Waals surface area contributed by atoms with E-state index in [-0.39, 0.29) is 31.1 Å². The van der Waals surface area contributed by atoms with Gasteiger partial charge in [-0.25, -0.2) is 25.6 Å². The van der Waals surface area contributed by atoms with E-state index in [0.717, 1.165) is 24.3 Å². The van der Waals surface area contributed by atoms with Gasteiger partial charge < -0.3 is 4.90 Å². The molecule has 32 heavy (non-hydrogen) atoms. The Labute approximate surface area is 185 Å². The van der Waals surface area contributed by atoms with Crippen LogP contribution in [0.3, 0.4) is 0 Å². The van der Waals surface area contributed by atoms with Gasteiger partial charge in [0.2, 0.25) is 26.0 Å². The van der Waals surface area contributed by atoms with Crippen LogP contribution in [0.4, 0.5) is 8.78 Å². The van der Waals surface area contributed by atoms with Gasteiger partial charge in [-0.3, -0.25) is 4.79 Å². The van der Waals surface area contributed by atoms with Crippen LogP contribution in [0.25, 0.3) is 0 Å². The summed E-state index contributed by atoms with van der Waals surface area (Å²) < 4.78 is 80.9. The number of carbonyl (C=O) groups excluding carboxylic acids is 1. The van der Waals surface area contributed by atoms with Crippen LogP contribution in [-0.2, 0) is 24.8 Å². The van der Waals surface area contributed by atoms with Crippen molar-refractivity contribution in [3.05, 3.63) is 60.2 Å². The van der Waals surface area contributed by atoms with Gasteiger partial charge in [0.15, 0.2) is 0 Å². The van der Waals surface area contributed by atoms with Gasteiger partial charge in [-0.15, -0.1) is 0 Å². The maximum absolute atomic E-state index is 13.9. The highest BCUT2D eigenvalue weighted by Gasteiger charge is 2.31. The fourth-order valence-electron chi connectivity index (χ4n) is 3.39. The van der Waals surface area contributed by atoms with Crippen molar-refractivity contribution >= 4 is 26.0 Å². The second-order valence-corrected chi connectivity index (χ2v) is 10.9. The minimum atomic E-state index is -4.27. The summed E-state index contributed by atoms with van der Waals surface area (Å²) in [7, 11) is -8.13. The summed E-state index contributed by atoms with van der Waals surface area (Å²) in [5.41, 5.74) is 0. The molecule has 1 amide bonds. The maximum atomic E-state index is 13.9. The lowest BCUT2D eigenvalue weighted by Crippen LogP contribution is -2.48. The van der Waals surface area contributed by atoms with Crippen molar-refractivity contribution in [3.63, 3.8) is 0 Å². The molecule has 1 saturated heterocycles. The molecule has 1 atom stereocenters. The van der Waals surface area contributed by atoms with Crippen molar-refractivity contribution in [2.75, 3.05) is 26.2 Å². The second kappa shape index (κ2) is 9.61. The topological polar surface area (TPSA) is 104 Å². The largest absolute Gasteiger partial charge is 0.340 e. The third kappa shape index (κ3) is 5.31. The Hall–Kier alpha value is -2.41. The summed E-state index contributed by atoms with van der Waals surface area (Å²) in [5.74, 6) is -2.04. The van der Waals surface area contributed by atoms with Crippen LogP contribution in [0.2, 0.25) is 0 Å². The van der Waals surface area contributed by atoms with E-state index in [1.807, 2.05) is 0 Å². The molecular formula is C20H23F2N3O5S2. The van der Waals surface area contributed by atoms with Gasteiger partial charge in [0.1, 0.15) is 16.5 Å². The minimum absolute atomic E-state index is 0.00175. The van der Waals surface area contributed by atoms with Crippen molar-refractivity contribution in [1.82, 2.24) is 13.9 Å². The Morgan fingerprint density at radius 1 is 0.938 bits per heavy atom. The molecule has 0 bridgehead atoms. The van der Waals surface area contributed by atoms with Gasteiger partial charge in [0.25, 0.3) is 0 Å². The molecule has 0 radical (unpaired) electrons. The number of hydrogen-bond acceptors (Lipinski definition) is 5. The van der Waals surface area contributed by atoms with Gasteiger partial charge in [0.05, 0.1) is 10.9 Å². The summed E-state index contributed by atoms with van der Waals surface area (Å²) in [6.07, 6.45) is 0.332. The van der Waals surface area contributed by atoms with Crippen LogP contribution >= 0.6 is 0 Å². The number of halogens is 2. The lowest BCUT2D eigenvalue weighted by Gasteiger charge is -2.25. The molecule has 0 saturated carbocycles. The van der Waals surface area contributed by atoms with Crippen LogP contribution < -0.4 is 4.72 Å². The molecule has 2 aromatic carbocycles. The van der Waals surface area contributed by atoms with Crippen molar-refractivity contribution < 1.29 is 30.4 Å². The monoisotopic (exact) mass is 487 g/mol. The predicted octanol–water partition coefficient (Wildman–Crippen LogP) is 1.55. The van der Waals surface area contributed by atoms with E-state index in [4.69, 9.17) is 0 Å². The van der Waals surface area contributed by atoms with E-state index in [9.17, 15) is 30.4 Å². The molecule has 0 spiro atoms. The first kappa shape index (κ1) is 24.2. The fourth-order valence-corrected chi connectivity index (χ4v) is 6.14. The Bertz CT molecular complexity index is 1190. The van der Waals surface area contributed by atoms with Crippen LogP contribution in [0.1, 0.15) is 13.3 Å². The quantitative estimate of drug-likeness (QED) is 0.666. The third-order valence-electron chi connectivity index (χ3n) is 5.05. The first-order valence-electron chi connectivity index (χ1n) is 9.84. The van der Waals surface area contributed by atoms with Crippen molar-refractivity contribution in [2.45, 2.75) is 29.2 Å². The molecule has 1 aliphatic heterocycles. The average Bonchev–Trinajstić information content (AvgIpc) is 3.00. The fraction of sp³-hybridized carbons (Fsp3) is 0.350. The molecule has 1 aliphatic rings. The molecule has 3 rings (SSSR count). The minimum Gasteiger partial charge on any atom is -0.340 e. The molecule has 1 N–H and O–H groups in total. The molecule has 174 valence electrons. The Balaban J connectivity index is 1.67. The van der Waals surface area contributed by atoms with Crippen LogP contribution in [0, 0.1) is 11.6 Å². The molecule has 0 aliphatic carbocycles. The second-order valence-electron chi connectivity index (χ2n) is 7.31. The summed E-state index contributed by atoms with van der Waals surface area (Å²) >= 11 is 0. The summed E-state index contributed by atoms with van der Waals surface area (Å²) in [6, 6.07) is 8.12. The standard InChI is InChI=1S/C20H23F2N3O5S2/c1-15(23-31(27,28)19-6-3-2-5-18(19)22)20(26)24-11-4-12-25(14-13-24)32(29,30)17-9-7-16(21)8-10-17/h2-3,5-10,15,23H,4,11-14H2,1H3/t15-/m0/s1. The number of hydrogen-bond donors (Lipinski definition) is 1. The number of carbonyl (C=O) groups is 1. The maximum Gasteiger partial charge on any atom is 0.244 e. The zero-order chi connectivity index (χ0) is 23.5. The molecule has 2 aromatic rings. The van der Waals surface area contributed by atoms with E-state index in [0.29, 0.717) is 6.42 Å². The summed E-state index contributed by atoms with van der Waals surface area (Å²) in [6.45, 7) is 1.76. The lowest BCUT2D eigenvalue weighted by atomic mass is 10.3. The Kier molecular flexibility index (Phi) is 7.28. The molecule has 1 heterocycles. The van der Waals surface area contributed by atoms with Gasteiger partial charge in [-0.1, -0.05) is 12.1 Å². The SMILES string of the molecule is C[C@H](NS(=O)(=O)c1ccccc1F)C(=O)N1CCCN(S(=O)(=O)c2ccc(F)cc2)CC1. The summed E-state index contributed by atoms with van der Waals surface area (Å²) in [5, 5.41) is 0. The zero-order valence-electron chi connectivity index (χ0n) is 17.2. The van der Waals surface area contributed by atoms with Gasteiger partial charge in [-0.2, -0.15) is 9.03 Å². The van der Waals surface area contributed by atoms with Crippen LogP contribution in [0.15, 0.2) is 58.3 Å². The third-order valence-corrected chi connectivity index (χ3v) is 8.53. The number of amides is 1. The van der Waals surface area contributed by atoms with Crippen molar-refractivity contribution in [3.8, 4) is 0 Å². The molecule has 8 nitrogen and oxygen atoms in total.